The van der Waals surface area contributed by atoms with Gasteiger partial charge in [0.1, 0.15) is 6.04 Å². The summed E-state index contributed by atoms with van der Waals surface area (Å²) in [6.07, 6.45) is 3.29. The van der Waals surface area contributed by atoms with Crippen LogP contribution < -0.4 is 5.73 Å². The van der Waals surface area contributed by atoms with E-state index in [9.17, 15) is 14.1 Å². The first-order valence-electron chi connectivity index (χ1n) is 6.22. The van der Waals surface area contributed by atoms with Gasteiger partial charge in [0.2, 0.25) is 0 Å². The molecule has 2 unspecified atom stereocenters. The average Bonchev–Trinajstić information content (AvgIpc) is 2.78. The second-order valence-electron chi connectivity index (χ2n) is 5.03. The quantitative estimate of drug-likeness (QED) is 0.536. The van der Waals surface area contributed by atoms with Crippen LogP contribution in [-0.2, 0) is 14.5 Å². The normalized spacial score (nSPS) is 23.4. The zero-order chi connectivity index (χ0) is 13.8. The highest BCUT2D eigenvalue weighted by atomic mass is 32.2. The van der Waals surface area contributed by atoms with E-state index >= 15 is 0 Å². The molecule has 18 heavy (non-hydrogen) atoms. The van der Waals surface area contributed by atoms with E-state index in [2.05, 4.69) is 0 Å². The van der Waals surface area contributed by atoms with E-state index in [1.807, 2.05) is 0 Å². The molecule has 7 heteroatoms. The molecular formula is C11H22N2O4S. The molecule has 5 N–H and O–H groups in total. The second-order valence-corrected chi connectivity index (χ2v) is 7.39. The van der Waals surface area contributed by atoms with Crippen molar-refractivity contribution in [1.29, 1.82) is 4.78 Å². The molecule has 0 bridgehead atoms. The number of aliphatic carboxylic acids is 1. The maximum absolute atomic E-state index is 11.9. The van der Waals surface area contributed by atoms with Crippen LogP contribution in [0.4, 0.5) is 0 Å². The summed E-state index contributed by atoms with van der Waals surface area (Å²) in [5.41, 5.74) is 5.31. The summed E-state index contributed by atoms with van der Waals surface area (Å²) in [5, 5.41) is 18.5. The van der Waals surface area contributed by atoms with Crippen LogP contribution in [0.2, 0.25) is 0 Å². The van der Waals surface area contributed by atoms with Gasteiger partial charge in [0, 0.05) is 15.5 Å². The molecule has 6 nitrogen and oxygen atoms in total. The Labute approximate surface area is 108 Å². The van der Waals surface area contributed by atoms with E-state index in [1.54, 1.807) is 0 Å². The van der Waals surface area contributed by atoms with Gasteiger partial charge in [0.25, 0.3) is 0 Å². The van der Waals surface area contributed by atoms with Crippen LogP contribution in [0.5, 0.6) is 0 Å². The molecule has 106 valence electrons. The third-order valence-corrected chi connectivity index (χ3v) is 5.23. The summed E-state index contributed by atoms with van der Waals surface area (Å²) in [4.78, 5) is 10.5. The number of hydrogen-bond acceptors (Lipinski definition) is 5. The van der Waals surface area contributed by atoms with Crippen molar-refractivity contribution in [3.8, 4) is 0 Å². The highest BCUT2D eigenvalue weighted by Crippen LogP contribution is 2.28. The molecule has 1 saturated carbocycles. The Balaban J connectivity index is 2.41. The summed E-state index contributed by atoms with van der Waals surface area (Å²) in [5.74, 6) is -1.14. The zero-order valence-corrected chi connectivity index (χ0v) is 11.2. The van der Waals surface area contributed by atoms with Gasteiger partial charge < -0.3 is 15.9 Å². The minimum atomic E-state index is -2.94. The molecule has 1 aliphatic rings. The van der Waals surface area contributed by atoms with Gasteiger partial charge in [0.15, 0.2) is 0 Å². The molecule has 0 amide bonds. The number of rotatable bonds is 7. The molecule has 3 atom stereocenters. The Morgan fingerprint density at radius 3 is 2.50 bits per heavy atom. The molecule has 0 spiro atoms. The Kier molecular flexibility index (Phi) is 5.55. The van der Waals surface area contributed by atoms with Gasteiger partial charge in [0.05, 0.1) is 11.9 Å². The van der Waals surface area contributed by atoms with Crippen LogP contribution in [0.1, 0.15) is 32.1 Å². The molecule has 0 aromatic carbocycles. The number of aliphatic hydroxyl groups is 1. The lowest BCUT2D eigenvalue weighted by atomic mass is 10.0. The van der Waals surface area contributed by atoms with Crippen molar-refractivity contribution < 1.29 is 19.2 Å². The highest BCUT2D eigenvalue weighted by Gasteiger charge is 2.26. The van der Waals surface area contributed by atoms with Crippen molar-refractivity contribution in [2.75, 3.05) is 11.5 Å². The molecule has 0 aromatic heterocycles. The van der Waals surface area contributed by atoms with Crippen LogP contribution >= 0.6 is 0 Å². The van der Waals surface area contributed by atoms with E-state index in [0.717, 1.165) is 25.7 Å². The number of carboxylic acids is 1. The van der Waals surface area contributed by atoms with Gasteiger partial charge in [-0.3, -0.25) is 9.57 Å². The smallest absolute Gasteiger partial charge is 0.320 e. The molecule has 1 fully saturated rings. The van der Waals surface area contributed by atoms with Gasteiger partial charge in [-0.1, -0.05) is 12.8 Å². The van der Waals surface area contributed by atoms with Gasteiger partial charge in [-0.2, -0.15) is 0 Å². The maximum atomic E-state index is 11.9. The lowest BCUT2D eigenvalue weighted by molar-refractivity contribution is -0.138. The first-order chi connectivity index (χ1) is 8.32. The summed E-state index contributed by atoms with van der Waals surface area (Å²) >= 11 is 0. The molecule has 0 radical (unpaired) electrons. The van der Waals surface area contributed by atoms with Crippen molar-refractivity contribution in [3.63, 3.8) is 0 Å². The first-order valence-corrected chi connectivity index (χ1v) is 8.12. The van der Waals surface area contributed by atoms with Crippen LogP contribution in [0.25, 0.3) is 0 Å². The predicted octanol–water partition coefficient (Wildman–Crippen LogP) is 0.386. The Morgan fingerprint density at radius 2 is 2.00 bits per heavy atom. The molecule has 1 aliphatic carbocycles. The zero-order valence-electron chi connectivity index (χ0n) is 10.4. The first kappa shape index (κ1) is 15.4. The lowest BCUT2D eigenvalue weighted by Gasteiger charge is -2.19. The minimum Gasteiger partial charge on any atom is -0.480 e. The van der Waals surface area contributed by atoms with Crippen molar-refractivity contribution in [2.45, 2.75) is 44.2 Å². The summed E-state index contributed by atoms with van der Waals surface area (Å²) in [6, 6.07) is -1.08. The molecule has 0 aliphatic heterocycles. The van der Waals surface area contributed by atoms with E-state index in [4.69, 9.17) is 15.6 Å². The molecule has 0 heterocycles. The number of carbonyl (C=O) groups is 1. The minimum absolute atomic E-state index is 0.00898. The number of nitrogens with two attached hydrogens (primary N) is 1. The standard InChI is InChI=1S/C11H22N2O4S/c12-9(11(15)16)5-6-18(13,17)7-10(14)8-3-1-2-4-8/h8-10,13-14H,1-7,12H2,(H,15,16)/t9-,10?,18?/m0/s1. The second kappa shape index (κ2) is 6.49. The van der Waals surface area contributed by atoms with Crippen molar-refractivity contribution in [2.24, 2.45) is 11.7 Å². The highest BCUT2D eigenvalue weighted by molar-refractivity contribution is 7.92. The van der Waals surface area contributed by atoms with E-state index < -0.39 is 27.8 Å². The fourth-order valence-corrected chi connectivity index (χ4v) is 3.90. The van der Waals surface area contributed by atoms with Crippen LogP contribution in [0.15, 0.2) is 0 Å². The third kappa shape index (κ3) is 4.91. The van der Waals surface area contributed by atoms with Crippen molar-refractivity contribution in [1.82, 2.24) is 0 Å². The SMILES string of the molecule is N=S(=O)(CC[C@H](N)C(=O)O)CC(O)C1CCCC1. The van der Waals surface area contributed by atoms with Crippen LogP contribution in [0.3, 0.4) is 0 Å². The molecule has 1 rings (SSSR count). The van der Waals surface area contributed by atoms with E-state index in [1.165, 1.54) is 0 Å². The Bertz CT molecular complexity index is 377. The third-order valence-electron chi connectivity index (χ3n) is 3.46. The number of aliphatic hydroxyl groups excluding tert-OH is 1. The molecule has 0 saturated heterocycles. The fraction of sp³-hybridized carbons (Fsp3) is 0.909. The van der Waals surface area contributed by atoms with E-state index in [0.29, 0.717) is 0 Å². The monoisotopic (exact) mass is 278 g/mol. The van der Waals surface area contributed by atoms with Gasteiger partial charge >= 0.3 is 5.97 Å². The van der Waals surface area contributed by atoms with Crippen molar-refractivity contribution in [3.05, 3.63) is 0 Å². The number of carboxylic acid groups (broad SMARTS) is 1. The number of nitrogens with one attached hydrogen (secondary N) is 1. The summed E-state index contributed by atoms with van der Waals surface area (Å²) < 4.78 is 19.6. The topological polar surface area (TPSA) is 124 Å². The van der Waals surface area contributed by atoms with Crippen LogP contribution in [-0.4, -0.2) is 44.0 Å². The molecule has 0 aromatic rings. The number of hydrogen-bond donors (Lipinski definition) is 4. The van der Waals surface area contributed by atoms with Crippen molar-refractivity contribution >= 4 is 15.7 Å². The summed E-state index contributed by atoms with van der Waals surface area (Å²) in [7, 11) is -2.94. The van der Waals surface area contributed by atoms with Gasteiger partial charge in [-0.15, -0.1) is 0 Å². The average molecular weight is 278 g/mol. The molecular weight excluding hydrogens is 256 g/mol. The maximum Gasteiger partial charge on any atom is 0.320 e. The largest absolute Gasteiger partial charge is 0.480 e. The summed E-state index contributed by atoms with van der Waals surface area (Å²) in [6.45, 7) is 0. The predicted molar refractivity (Wildman–Crippen MR) is 68.8 cm³/mol. The van der Waals surface area contributed by atoms with Crippen LogP contribution in [0, 0.1) is 10.7 Å². The Morgan fingerprint density at radius 1 is 1.44 bits per heavy atom. The lowest BCUT2D eigenvalue weighted by Crippen LogP contribution is -2.34. The van der Waals surface area contributed by atoms with Gasteiger partial charge in [-0.05, 0) is 25.2 Å². The van der Waals surface area contributed by atoms with E-state index in [-0.39, 0.29) is 23.8 Å². The fourth-order valence-electron chi connectivity index (χ4n) is 2.28. The Hall–Kier alpha value is -0.660. The van der Waals surface area contributed by atoms with Gasteiger partial charge in [-0.25, -0.2) is 4.21 Å².